The Kier molecular flexibility index (Phi) is 5.49. The highest BCUT2D eigenvalue weighted by atomic mass is 16.5. The van der Waals surface area contributed by atoms with Crippen LogP contribution in [0.1, 0.15) is 24.3 Å². The molecule has 1 aromatic carbocycles. The van der Waals surface area contributed by atoms with Crippen LogP contribution in [0.5, 0.6) is 11.5 Å². The number of methoxy groups -OCH3 is 2. The first-order valence-corrected chi connectivity index (χ1v) is 8.91. The molecule has 0 saturated carbocycles. The Hall–Kier alpha value is -1.79. The zero-order valence-corrected chi connectivity index (χ0v) is 15.3. The summed E-state index contributed by atoms with van der Waals surface area (Å²) in [5.74, 6) is 0.0847. The lowest BCUT2D eigenvalue weighted by molar-refractivity contribution is -0.141. The Bertz CT molecular complexity index is 613. The third-order valence-electron chi connectivity index (χ3n) is 5.70. The molecule has 1 N–H and O–H groups in total. The van der Waals surface area contributed by atoms with E-state index in [2.05, 4.69) is 16.8 Å². The zero-order chi connectivity index (χ0) is 18.0. The van der Waals surface area contributed by atoms with Crippen LogP contribution < -0.4 is 9.47 Å². The number of hydrogen-bond acceptors (Lipinski definition) is 5. The van der Waals surface area contributed by atoms with Crippen molar-refractivity contribution in [1.82, 2.24) is 9.80 Å². The van der Waals surface area contributed by atoms with Gasteiger partial charge in [-0.15, -0.1) is 0 Å². The number of likely N-dealkylation sites (tertiary alicyclic amines) is 2. The van der Waals surface area contributed by atoms with E-state index < -0.39 is 11.9 Å². The number of rotatable bonds is 5. The third-order valence-corrected chi connectivity index (χ3v) is 5.70. The molecule has 6 nitrogen and oxygen atoms in total. The number of carboxylic acids is 1. The SMILES string of the molecule is COc1cccc([C@@H]2CN(C3CCN(C)CC3)C[C@H]2C(=O)O)c1OC. The fourth-order valence-corrected chi connectivity index (χ4v) is 4.26. The van der Waals surface area contributed by atoms with Gasteiger partial charge in [0.15, 0.2) is 11.5 Å². The van der Waals surface area contributed by atoms with Crippen LogP contribution >= 0.6 is 0 Å². The first-order chi connectivity index (χ1) is 12.0. The van der Waals surface area contributed by atoms with E-state index in [0.717, 1.165) is 38.0 Å². The van der Waals surface area contributed by atoms with Crippen molar-refractivity contribution in [2.24, 2.45) is 5.92 Å². The number of ether oxygens (including phenoxy) is 2. The minimum atomic E-state index is -0.731. The van der Waals surface area contributed by atoms with Crippen LogP contribution in [0.3, 0.4) is 0 Å². The average molecular weight is 348 g/mol. The Morgan fingerprint density at radius 1 is 1.16 bits per heavy atom. The van der Waals surface area contributed by atoms with Crippen molar-refractivity contribution < 1.29 is 19.4 Å². The molecule has 0 aromatic heterocycles. The molecule has 2 heterocycles. The van der Waals surface area contributed by atoms with Gasteiger partial charge in [0, 0.05) is 30.6 Å². The number of carbonyl (C=O) groups is 1. The number of nitrogens with zero attached hydrogens (tertiary/aromatic N) is 2. The smallest absolute Gasteiger partial charge is 0.308 e. The maximum Gasteiger partial charge on any atom is 0.308 e. The van der Waals surface area contributed by atoms with Crippen LogP contribution in [0.2, 0.25) is 0 Å². The summed E-state index contributed by atoms with van der Waals surface area (Å²) in [4.78, 5) is 16.6. The van der Waals surface area contributed by atoms with Crippen LogP contribution in [0.4, 0.5) is 0 Å². The second-order valence-corrected chi connectivity index (χ2v) is 7.12. The van der Waals surface area contributed by atoms with Crippen molar-refractivity contribution in [2.45, 2.75) is 24.8 Å². The lowest BCUT2D eigenvalue weighted by Crippen LogP contribution is -2.43. The van der Waals surface area contributed by atoms with Crippen molar-refractivity contribution in [3.63, 3.8) is 0 Å². The number of benzene rings is 1. The van der Waals surface area contributed by atoms with Gasteiger partial charge in [-0.2, -0.15) is 0 Å². The lowest BCUT2D eigenvalue weighted by Gasteiger charge is -2.35. The summed E-state index contributed by atoms with van der Waals surface area (Å²) < 4.78 is 11.0. The predicted molar refractivity (Wildman–Crippen MR) is 95.5 cm³/mol. The summed E-state index contributed by atoms with van der Waals surface area (Å²) in [5, 5.41) is 9.79. The lowest BCUT2D eigenvalue weighted by atomic mass is 9.88. The van der Waals surface area contributed by atoms with E-state index in [9.17, 15) is 9.90 Å². The molecule has 0 spiro atoms. The molecule has 0 amide bonds. The molecular formula is C19H28N2O4. The Labute approximate surface area is 149 Å². The topological polar surface area (TPSA) is 62.2 Å². The van der Waals surface area contributed by atoms with Gasteiger partial charge in [-0.1, -0.05) is 12.1 Å². The van der Waals surface area contributed by atoms with E-state index in [1.165, 1.54) is 0 Å². The van der Waals surface area contributed by atoms with Gasteiger partial charge in [0.1, 0.15) is 0 Å². The van der Waals surface area contributed by atoms with Gasteiger partial charge < -0.3 is 19.5 Å². The molecule has 0 aliphatic carbocycles. The Morgan fingerprint density at radius 2 is 1.88 bits per heavy atom. The van der Waals surface area contributed by atoms with E-state index in [1.54, 1.807) is 14.2 Å². The Balaban J connectivity index is 1.86. The molecule has 2 saturated heterocycles. The molecule has 138 valence electrons. The first-order valence-electron chi connectivity index (χ1n) is 8.91. The predicted octanol–water partition coefficient (Wildman–Crippen LogP) is 1.90. The van der Waals surface area contributed by atoms with E-state index >= 15 is 0 Å². The van der Waals surface area contributed by atoms with E-state index in [-0.39, 0.29) is 5.92 Å². The van der Waals surface area contributed by atoms with Crippen LogP contribution in [-0.4, -0.2) is 74.4 Å². The van der Waals surface area contributed by atoms with Gasteiger partial charge in [-0.25, -0.2) is 0 Å². The number of aliphatic carboxylic acids is 1. The van der Waals surface area contributed by atoms with E-state index in [1.807, 2.05) is 18.2 Å². The van der Waals surface area contributed by atoms with Gasteiger partial charge in [-0.3, -0.25) is 9.69 Å². The largest absolute Gasteiger partial charge is 0.493 e. The standard InChI is InChI=1S/C19H28N2O4/c1-20-9-7-13(8-10-20)21-11-15(16(12-21)19(22)23)14-5-4-6-17(24-2)18(14)25-3/h4-6,13,15-16H,7-12H2,1-3H3,(H,22,23)/t15-,16+/m0/s1. The minimum Gasteiger partial charge on any atom is -0.493 e. The van der Waals surface area contributed by atoms with Crippen molar-refractivity contribution in [1.29, 1.82) is 0 Å². The molecule has 2 fully saturated rings. The van der Waals surface area contributed by atoms with Gasteiger partial charge in [0.05, 0.1) is 20.1 Å². The average Bonchev–Trinajstić information content (AvgIpc) is 3.07. The summed E-state index contributed by atoms with van der Waals surface area (Å²) in [6, 6.07) is 6.20. The molecule has 2 aliphatic heterocycles. The number of piperidine rings is 1. The zero-order valence-electron chi connectivity index (χ0n) is 15.3. The second-order valence-electron chi connectivity index (χ2n) is 7.12. The normalized spacial score (nSPS) is 25.9. The highest BCUT2D eigenvalue weighted by Gasteiger charge is 2.42. The van der Waals surface area contributed by atoms with E-state index in [0.29, 0.717) is 24.1 Å². The van der Waals surface area contributed by atoms with Crippen LogP contribution in [0.25, 0.3) is 0 Å². The van der Waals surface area contributed by atoms with Gasteiger partial charge in [-0.05, 0) is 39.0 Å². The summed E-state index contributed by atoms with van der Waals surface area (Å²) in [7, 11) is 5.36. The molecule has 3 rings (SSSR count). The summed E-state index contributed by atoms with van der Waals surface area (Å²) >= 11 is 0. The first kappa shape index (κ1) is 18.0. The molecule has 0 unspecified atom stereocenters. The molecule has 0 radical (unpaired) electrons. The fourth-order valence-electron chi connectivity index (χ4n) is 4.26. The van der Waals surface area contributed by atoms with Crippen molar-refractivity contribution in [3.8, 4) is 11.5 Å². The fraction of sp³-hybridized carbons (Fsp3) is 0.632. The maximum absolute atomic E-state index is 11.9. The molecule has 6 heteroatoms. The van der Waals surface area contributed by atoms with Crippen molar-refractivity contribution in [3.05, 3.63) is 23.8 Å². The van der Waals surface area contributed by atoms with Gasteiger partial charge in [0.25, 0.3) is 0 Å². The third kappa shape index (κ3) is 3.60. The summed E-state index contributed by atoms with van der Waals surface area (Å²) in [6.45, 7) is 3.52. The van der Waals surface area contributed by atoms with Crippen LogP contribution in [0, 0.1) is 5.92 Å². The molecule has 0 bridgehead atoms. The number of hydrogen-bond donors (Lipinski definition) is 1. The highest BCUT2D eigenvalue weighted by molar-refractivity contribution is 5.73. The van der Waals surface area contributed by atoms with Crippen LogP contribution in [-0.2, 0) is 4.79 Å². The minimum absolute atomic E-state index is 0.0813. The Morgan fingerprint density at radius 3 is 2.48 bits per heavy atom. The van der Waals surface area contributed by atoms with E-state index in [4.69, 9.17) is 9.47 Å². The monoisotopic (exact) mass is 348 g/mol. The molecule has 25 heavy (non-hydrogen) atoms. The van der Waals surface area contributed by atoms with Crippen molar-refractivity contribution in [2.75, 3.05) is 47.4 Å². The van der Waals surface area contributed by atoms with Crippen molar-refractivity contribution >= 4 is 5.97 Å². The summed E-state index contributed by atoms with van der Waals surface area (Å²) in [6.07, 6.45) is 2.20. The molecule has 2 atom stereocenters. The van der Waals surface area contributed by atoms with Crippen LogP contribution in [0.15, 0.2) is 18.2 Å². The quantitative estimate of drug-likeness (QED) is 0.877. The van der Waals surface area contributed by atoms with Gasteiger partial charge in [0.2, 0.25) is 0 Å². The molecule has 1 aromatic rings. The summed E-state index contributed by atoms with van der Waals surface area (Å²) in [5.41, 5.74) is 0.935. The molecular weight excluding hydrogens is 320 g/mol. The number of carboxylic acid groups (broad SMARTS) is 1. The number of para-hydroxylation sites is 1. The van der Waals surface area contributed by atoms with Gasteiger partial charge >= 0.3 is 5.97 Å². The highest BCUT2D eigenvalue weighted by Crippen LogP contribution is 2.42. The maximum atomic E-state index is 11.9. The second kappa shape index (κ2) is 7.62. The molecule has 2 aliphatic rings.